The number of aromatic nitrogens is 2. The highest BCUT2D eigenvalue weighted by atomic mass is 16.2. The summed E-state index contributed by atoms with van der Waals surface area (Å²) in [6.07, 6.45) is 4.79. The van der Waals surface area contributed by atoms with Crippen LogP contribution in [0.3, 0.4) is 0 Å². The van der Waals surface area contributed by atoms with Crippen molar-refractivity contribution in [2.45, 2.75) is 33.1 Å². The summed E-state index contributed by atoms with van der Waals surface area (Å²) < 4.78 is 0. The molecule has 1 saturated heterocycles. The number of rotatable bonds is 7. The predicted octanol–water partition coefficient (Wildman–Crippen LogP) is 2.18. The number of anilines is 4. The van der Waals surface area contributed by atoms with Crippen LogP contribution in [0.1, 0.15) is 42.2 Å². The number of aryl methyl sites for hydroxylation is 1. The number of benzene rings is 1. The molecule has 0 aliphatic carbocycles. The number of unbranched alkanes of at least 4 members (excludes halogenated alkanes) is 2. The van der Waals surface area contributed by atoms with Gasteiger partial charge >= 0.3 is 0 Å². The molecule has 30 heavy (non-hydrogen) atoms. The molecule has 1 fully saturated rings. The Morgan fingerprint density at radius 3 is 2.43 bits per heavy atom. The molecule has 1 aliphatic heterocycles. The lowest BCUT2D eigenvalue weighted by atomic mass is 10.1. The van der Waals surface area contributed by atoms with Gasteiger partial charge in [0.2, 0.25) is 5.95 Å². The van der Waals surface area contributed by atoms with E-state index in [9.17, 15) is 4.79 Å². The Morgan fingerprint density at radius 2 is 1.80 bits per heavy atom. The van der Waals surface area contributed by atoms with Crippen molar-refractivity contribution in [1.82, 2.24) is 15.4 Å². The van der Waals surface area contributed by atoms with Crippen LogP contribution in [0.15, 0.2) is 29.4 Å². The highest BCUT2D eigenvalue weighted by molar-refractivity contribution is 5.94. The van der Waals surface area contributed by atoms with Gasteiger partial charge in [0.05, 0.1) is 5.69 Å². The largest absolute Gasteiger partial charge is 0.382 e. The summed E-state index contributed by atoms with van der Waals surface area (Å²) in [6, 6.07) is 7.59. The van der Waals surface area contributed by atoms with Crippen molar-refractivity contribution in [1.29, 1.82) is 0 Å². The molecule has 0 unspecified atom stereocenters. The first-order chi connectivity index (χ1) is 14.5. The molecule has 0 atom stereocenters. The number of carbonyl (C=O) groups is 1. The average Bonchev–Trinajstić information content (AvgIpc) is 2.73. The first-order valence-electron chi connectivity index (χ1n) is 10.3. The molecule has 1 amide bonds. The zero-order valence-corrected chi connectivity index (χ0v) is 17.6. The van der Waals surface area contributed by atoms with Gasteiger partial charge in [0, 0.05) is 43.6 Å². The second kappa shape index (κ2) is 9.91. The van der Waals surface area contributed by atoms with E-state index in [1.54, 1.807) is 6.21 Å². The minimum atomic E-state index is -0.201. The van der Waals surface area contributed by atoms with E-state index in [1.807, 2.05) is 31.2 Å². The molecule has 9 nitrogen and oxygen atoms in total. The Kier molecular flexibility index (Phi) is 7.05. The topological polar surface area (TPSA) is 126 Å². The zero-order chi connectivity index (χ0) is 21.5. The van der Waals surface area contributed by atoms with Crippen LogP contribution in [-0.2, 0) is 0 Å². The molecule has 0 radical (unpaired) electrons. The van der Waals surface area contributed by atoms with Crippen molar-refractivity contribution in [2.75, 3.05) is 47.4 Å². The first kappa shape index (κ1) is 21.4. The van der Waals surface area contributed by atoms with Crippen molar-refractivity contribution in [3.05, 3.63) is 35.5 Å². The second-order valence-corrected chi connectivity index (χ2v) is 7.32. The van der Waals surface area contributed by atoms with E-state index in [0.29, 0.717) is 11.4 Å². The Hall–Kier alpha value is -3.36. The van der Waals surface area contributed by atoms with Crippen molar-refractivity contribution in [3.8, 4) is 0 Å². The van der Waals surface area contributed by atoms with Crippen LogP contribution in [0.2, 0.25) is 0 Å². The number of amides is 1. The molecule has 0 bridgehead atoms. The molecular formula is C21H30N8O. The molecule has 2 aromatic rings. The summed E-state index contributed by atoms with van der Waals surface area (Å²) in [5.74, 6) is 0.415. The van der Waals surface area contributed by atoms with Crippen molar-refractivity contribution >= 4 is 35.3 Å². The number of piperazine rings is 1. The van der Waals surface area contributed by atoms with Crippen LogP contribution in [0.4, 0.5) is 23.1 Å². The minimum absolute atomic E-state index is 0.197. The van der Waals surface area contributed by atoms with Crippen LogP contribution in [-0.4, -0.2) is 48.3 Å². The number of carbonyl (C=O) groups excluding carboxylic acids is 1. The highest BCUT2D eigenvalue weighted by Crippen LogP contribution is 2.27. The quantitative estimate of drug-likeness (QED) is 0.363. The SMILES string of the molecule is CCCC/C=N\NC(=O)c1ccc(N2CCN(c3c(C)nc(N)nc3N)CC2)cc1. The van der Waals surface area contributed by atoms with Gasteiger partial charge in [-0.2, -0.15) is 10.1 Å². The molecule has 1 aromatic heterocycles. The van der Waals surface area contributed by atoms with E-state index < -0.39 is 0 Å². The number of hydrogen-bond acceptors (Lipinski definition) is 8. The number of nitrogen functional groups attached to an aromatic ring is 2. The van der Waals surface area contributed by atoms with E-state index in [0.717, 1.165) is 62.5 Å². The third-order valence-electron chi connectivity index (χ3n) is 5.14. The van der Waals surface area contributed by atoms with E-state index in [2.05, 4.69) is 37.2 Å². The summed E-state index contributed by atoms with van der Waals surface area (Å²) in [4.78, 5) is 25.0. The maximum atomic E-state index is 12.2. The molecular weight excluding hydrogens is 380 g/mol. The molecule has 2 heterocycles. The molecule has 160 valence electrons. The highest BCUT2D eigenvalue weighted by Gasteiger charge is 2.22. The van der Waals surface area contributed by atoms with Gasteiger partial charge in [0.25, 0.3) is 5.91 Å². The van der Waals surface area contributed by atoms with Crippen molar-refractivity contribution in [3.63, 3.8) is 0 Å². The Balaban J connectivity index is 1.56. The van der Waals surface area contributed by atoms with Crippen LogP contribution in [0, 0.1) is 6.92 Å². The molecule has 1 aliphatic rings. The van der Waals surface area contributed by atoms with Crippen LogP contribution in [0.5, 0.6) is 0 Å². The van der Waals surface area contributed by atoms with Gasteiger partial charge in [-0.15, -0.1) is 0 Å². The summed E-state index contributed by atoms with van der Waals surface area (Å²) in [6.45, 7) is 7.28. The fourth-order valence-corrected chi connectivity index (χ4v) is 3.54. The van der Waals surface area contributed by atoms with Crippen LogP contribution in [0.25, 0.3) is 0 Å². The van der Waals surface area contributed by atoms with Crippen LogP contribution < -0.4 is 26.7 Å². The van der Waals surface area contributed by atoms with Gasteiger partial charge < -0.3 is 21.3 Å². The summed E-state index contributed by atoms with van der Waals surface area (Å²) >= 11 is 0. The number of nitrogens with zero attached hydrogens (tertiary/aromatic N) is 5. The van der Waals surface area contributed by atoms with Gasteiger partial charge in [-0.3, -0.25) is 4.79 Å². The third-order valence-corrected chi connectivity index (χ3v) is 5.14. The van der Waals surface area contributed by atoms with Crippen molar-refractivity contribution in [2.24, 2.45) is 5.10 Å². The average molecular weight is 411 g/mol. The van der Waals surface area contributed by atoms with Gasteiger partial charge in [0.15, 0.2) is 5.82 Å². The maximum Gasteiger partial charge on any atom is 0.271 e. The molecule has 5 N–H and O–H groups in total. The van der Waals surface area contributed by atoms with Gasteiger partial charge in [0.1, 0.15) is 5.69 Å². The Labute approximate surface area is 177 Å². The lowest BCUT2D eigenvalue weighted by molar-refractivity contribution is 0.0955. The Morgan fingerprint density at radius 1 is 1.13 bits per heavy atom. The number of nitrogens with one attached hydrogen (secondary N) is 1. The van der Waals surface area contributed by atoms with E-state index in [4.69, 9.17) is 11.5 Å². The summed E-state index contributed by atoms with van der Waals surface area (Å²) in [5, 5.41) is 3.99. The molecule has 0 spiro atoms. The van der Waals surface area contributed by atoms with Crippen LogP contribution >= 0.6 is 0 Å². The Bertz CT molecular complexity index is 865. The van der Waals surface area contributed by atoms with Gasteiger partial charge in [-0.1, -0.05) is 13.3 Å². The summed E-state index contributed by atoms with van der Waals surface area (Å²) in [7, 11) is 0. The lowest BCUT2D eigenvalue weighted by Gasteiger charge is -2.38. The standard InChI is InChI=1S/C21H30N8O/c1-3-4-5-10-24-27-20(30)16-6-8-17(9-7-16)28-11-13-29(14-12-28)18-15(2)25-21(23)26-19(18)22/h6-10H,3-5,11-14H2,1-2H3,(H,27,30)(H4,22,23,25,26)/b24-10-. The smallest absolute Gasteiger partial charge is 0.271 e. The monoisotopic (exact) mass is 410 g/mol. The van der Waals surface area contributed by atoms with Gasteiger partial charge in [-0.25, -0.2) is 10.4 Å². The fraction of sp³-hybridized carbons (Fsp3) is 0.429. The second-order valence-electron chi connectivity index (χ2n) is 7.32. The fourth-order valence-electron chi connectivity index (χ4n) is 3.54. The summed E-state index contributed by atoms with van der Waals surface area (Å²) in [5.41, 5.74) is 17.6. The lowest BCUT2D eigenvalue weighted by Crippen LogP contribution is -2.47. The zero-order valence-electron chi connectivity index (χ0n) is 17.6. The first-order valence-corrected chi connectivity index (χ1v) is 10.3. The normalized spacial score (nSPS) is 14.3. The predicted molar refractivity (Wildman–Crippen MR) is 122 cm³/mol. The van der Waals surface area contributed by atoms with E-state index in [1.165, 1.54) is 0 Å². The number of hydrogen-bond donors (Lipinski definition) is 3. The van der Waals surface area contributed by atoms with E-state index >= 15 is 0 Å². The molecule has 0 saturated carbocycles. The maximum absolute atomic E-state index is 12.2. The third kappa shape index (κ3) is 5.16. The molecule has 3 rings (SSSR count). The van der Waals surface area contributed by atoms with E-state index in [-0.39, 0.29) is 11.9 Å². The number of nitrogens with two attached hydrogens (primary N) is 2. The molecule has 9 heteroatoms. The number of hydrazone groups is 1. The minimum Gasteiger partial charge on any atom is -0.382 e. The van der Waals surface area contributed by atoms with Crippen molar-refractivity contribution < 1.29 is 4.79 Å². The van der Waals surface area contributed by atoms with Gasteiger partial charge in [-0.05, 0) is 44.0 Å². The molecule has 1 aromatic carbocycles.